The number of alkyl halides is 4. The molecule has 66 valence electrons. The van der Waals surface area contributed by atoms with Crippen molar-refractivity contribution in [2.75, 3.05) is 0 Å². The van der Waals surface area contributed by atoms with E-state index in [2.05, 4.69) is 15.9 Å². The van der Waals surface area contributed by atoms with Crippen LogP contribution in [0.2, 0.25) is 0 Å². The first kappa shape index (κ1) is 9.58. The Bertz CT molecular complexity index is 242. The number of hydrogen-bond donors (Lipinski definition) is 0. The van der Waals surface area contributed by atoms with E-state index in [9.17, 15) is 13.2 Å². The molecular weight excluding hydrogens is 233 g/mol. The summed E-state index contributed by atoms with van der Waals surface area (Å²) in [5.74, 6) is 0. The molecule has 0 aliphatic carbocycles. The molecule has 0 amide bonds. The van der Waals surface area contributed by atoms with E-state index in [1.165, 1.54) is 12.1 Å². The third kappa shape index (κ3) is 2.24. The van der Waals surface area contributed by atoms with E-state index in [-0.39, 0.29) is 5.56 Å². The van der Waals surface area contributed by atoms with Crippen LogP contribution in [0.1, 0.15) is 10.4 Å². The van der Waals surface area contributed by atoms with Crippen LogP contribution in [0.25, 0.3) is 0 Å². The Balaban J connectivity index is 2.86. The molecule has 0 saturated carbocycles. The number of halogens is 4. The van der Waals surface area contributed by atoms with Gasteiger partial charge in [0.1, 0.15) is 4.83 Å². The summed E-state index contributed by atoms with van der Waals surface area (Å²) in [5.41, 5.74) is 0.227. The van der Waals surface area contributed by atoms with Crippen molar-refractivity contribution in [2.45, 2.75) is 11.0 Å². The minimum Gasteiger partial charge on any atom is -0.169 e. The zero-order valence-electron chi connectivity index (χ0n) is 5.98. The van der Waals surface area contributed by atoms with Crippen molar-refractivity contribution in [3.8, 4) is 0 Å². The molecule has 12 heavy (non-hydrogen) atoms. The molecule has 1 rings (SSSR count). The average molecular weight is 239 g/mol. The van der Waals surface area contributed by atoms with E-state index in [1.54, 1.807) is 18.2 Å². The smallest absolute Gasteiger partial charge is 0.169 e. The molecule has 1 aromatic carbocycles. The highest BCUT2D eigenvalue weighted by Gasteiger charge is 2.38. The van der Waals surface area contributed by atoms with E-state index in [0.717, 1.165) is 0 Å². The lowest BCUT2D eigenvalue weighted by atomic mass is 10.1. The third-order valence-electron chi connectivity index (χ3n) is 1.38. The van der Waals surface area contributed by atoms with Crippen molar-refractivity contribution >= 4 is 15.9 Å². The summed E-state index contributed by atoms with van der Waals surface area (Å²) < 4.78 is 36.3. The Morgan fingerprint density at radius 2 is 1.58 bits per heavy atom. The quantitative estimate of drug-likeness (QED) is 0.655. The zero-order chi connectivity index (χ0) is 9.19. The minimum atomic E-state index is -4.22. The first-order valence-corrected chi connectivity index (χ1v) is 4.19. The Morgan fingerprint density at radius 1 is 1.08 bits per heavy atom. The molecule has 0 bridgehead atoms. The SMILES string of the molecule is FC(F)(F)[C@H](Br)c1ccccc1. The first-order valence-electron chi connectivity index (χ1n) is 3.27. The maximum Gasteiger partial charge on any atom is 0.405 e. The van der Waals surface area contributed by atoms with E-state index in [4.69, 9.17) is 0 Å². The van der Waals surface area contributed by atoms with Crippen molar-refractivity contribution in [2.24, 2.45) is 0 Å². The molecule has 0 spiro atoms. The Hall–Kier alpha value is -0.510. The monoisotopic (exact) mass is 238 g/mol. The second kappa shape index (κ2) is 3.47. The lowest BCUT2D eigenvalue weighted by molar-refractivity contribution is -0.128. The Morgan fingerprint density at radius 3 is 2.00 bits per heavy atom. The zero-order valence-corrected chi connectivity index (χ0v) is 7.56. The summed E-state index contributed by atoms with van der Waals surface area (Å²) in [4.78, 5) is -1.56. The average Bonchev–Trinajstić information content (AvgIpc) is 2.03. The molecular formula is C8H6BrF3. The lowest BCUT2D eigenvalue weighted by Gasteiger charge is -2.13. The molecule has 0 N–H and O–H groups in total. The number of hydrogen-bond acceptors (Lipinski definition) is 0. The second-order valence-corrected chi connectivity index (χ2v) is 3.23. The van der Waals surface area contributed by atoms with Gasteiger partial charge in [0.2, 0.25) is 0 Å². The van der Waals surface area contributed by atoms with Crippen LogP contribution in [0.5, 0.6) is 0 Å². The lowest BCUT2D eigenvalue weighted by Crippen LogP contribution is -2.14. The van der Waals surface area contributed by atoms with Crippen LogP contribution in [0.15, 0.2) is 30.3 Å². The van der Waals surface area contributed by atoms with Gasteiger partial charge >= 0.3 is 6.18 Å². The van der Waals surface area contributed by atoms with E-state index in [1.807, 2.05) is 0 Å². The molecule has 0 heterocycles. The highest BCUT2D eigenvalue weighted by atomic mass is 79.9. The van der Waals surface area contributed by atoms with Crippen LogP contribution in [0.4, 0.5) is 13.2 Å². The molecule has 0 saturated heterocycles. The Kier molecular flexibility index (Phi) is 2.77. The van der Waals surface area contributed by atoms with Crippen LogP contribution in [0.3, 0.4) is 0 Å². The van der Waals surface area contributed by atoms with Crippen LogP contribution in [-0.2, 0) is 0 Å². The summed E-state index contributed by atoms with van der Waals surface area (Å²) in [6.45, 7) is 0. The standard InChI is InChI=1S/C8H6BrF3/c9-7(8(10,11)12)6-4-2-1-3-5-6/h1-5,7H/t7-/m1/s1. The molecule has 4 heteroatoms. The van der Waals surface area contributed by atoms with Crippen molar-refractivity contribution in [3.63, 3.8) is 0 Å². The van der Waals surface area contributed by atoms with E-state index >= 15 is 0 Å². The predicted octanol–water partition coefficient (Wildman–Crippen LogP) is 3.68. The summed E-state index contributed by atoms with van der Waals surface area (Å²) in [6, 6.07) is 7.71. The van der Waals surface area contributed by atoms with Gasteiger partial charge in [-0.05, 0) is 5.56 Å². The highest BCUT2D eigenvalue weighted by molar-refractivity contribution is 9.09. The normalized spacial score (nSPS) is 14.3. The fraction of sp³-hybridized carbons (Fsp3) is 0.250. The fourth-order valence-corrected chi connectivity index (χ4v) is 1.12. The number of benzene rings is 1. The van der Waals surface area contributed by atoms with Gasteiger partial charge in [-0.15, -0.1) is 0 Å². The van der Waals surface area contributed by atoms with Gasteiger partial charge in [0.15, 0.2) is 0 Å². The summed E-state index contributed by atoms with van der Waals surface area (Å²) in [5, 5.41) is 0. The van der Waals surface area contributed by atoms with Gasteiger partial charge in [0.25, 0.3) is 0 Å². The van der Waals surface area contributed by atoms with Gasteiger partial charge in [-0.25, -0.2) is 0 Å². The molecule has 0 unspecified atom stereocenters. The highest BCUT2D eigenvalue weighted by Crippen LogP contribution is 2.39. The van der Waals surface area contributed by atoms with Crippen LogP contribution < -0.4 is 0 Å². The summed E-state index contributed by atoms with van der Waals surface area (Å²) in [7, 11) is 0. The molecule has 0 aliphatic rings. The third-order valence-corrected chi connectivity index (χ3v) is 2.43. The molecule has 0 fully saturated rings. The molecule has 1 atom stereocenters. The van der Waals surface area contributed by atoms with Crippen molar-refractivity contribution in [1.29, 1.82) is 0 Å². The maximum absolute atomic E-state index is 12.1. The van der Waals surface area contributed by atoms with Gasteiger partial charge in [-0.1, -0.05) is 46.3 Å². The number of rotatable bonds is 1. The van der Waals surface area contributed by atoms with Crippen molar-refractivity contribution < 1.29 is 13.2 Å². The van der Waals surface area contributed by atoms with Crippen LogP contribution in [0, 0.1) is 0 Å². The van der Waals surface area contributed by atoms with Gasteiger partial charge in [0, 0.05) is 0 Å². The molecule has 1 aromatic rings. The minimum absolute atomic E-state index is 0.227. The first-order chi connectivity index (χ1) is 5.52. The molecule has 0 radical (unpaired) electrons. The van der Waals surface area contributed by atoms with E-state index < -0.39 is 11.0 Å². The van der Waals surface area contributed by atoms with Gasteiger partial charge in [-0.2, -0.15) is 13.2 Å². The predicted molar refractivity (Wildman–Crippen MR) is 44.2 cm³/mol. The second-order valence-electron chi connectivity index (χ2n) is 2.31. The molecule has 0 nitrogen and oxygen atoms in total. The fourth-order valence-electron chi connectivity index (χ4n) is 0.811. The van der Waals surface area contributed by atoms with Gasteiger partial charge < -0.3 is 0 Å². The molecule has 0 aliphatic heterocycles. The molecule has 0 aromatic heterocycles. The van der Waals surface area contributed by atoms with Crippen molar-refractivity contribution in [3.05, 3.63) is 35.9 Å². The largest absolute Gasteiger partial charge is 0.405 e. The summed E-state index contributed by atoms with van der Waals surface area (Å²) >= 11 is 2.58. The topological polar surface area (TPSA) is 0 Å². The van der Waals surface area contributed by atoms with Crippen LogP contribution >= 0.6 is 15.9 Å². The maximum atomic E-state index is 12.1. The van der Waals surface area contributed by atoms with Crippen LogP contribution in [-0.4, -0.2) is 6.18 Å². The van der Waals surface area contributed by atoms with Crippen molar-refractivity contribution in [1.82, 2.24) is 0 Å². The van der Waals surface area contributed by atoms with E-state index in [0.29, 0.717) is 0 Å². The summed E-state index contributed by atoms with van der Waals surface area (Å²) in [6.07, 6.45) is -4.22. The van der Waals surface area contributed by atoms with Gasteiger partial charge in [-0.3, -0.25) is 0 Å². The Labute approximate surface area is 76.5 Å². The van der Waals surface area contributed by atoms with Gasteiger partial charge in [0.05, 0.1) is 0 Å².